The van der Waals surface area contributed by atoms with E-state index in [1.807, 2.05) is 6.07 Å². The van der Waals surface area contributed by atoms with Crippen LogP contribution in [0.1, 0.15) is 38.7 Å². The smallest absolute Gasteiger partial charge is 0.143 e. The van der Waals surface area contributed by atoms with E-state index in [9.17, 15) is 0 Å². The molecule has 1 saturated carbocycles. The number of aryl methyl sites for hydroxylation is 1. The topological polar surface area (TPSA) is 55.6 Å². The molecule has 0 amide bonds. The Morgan fingerprint density at radius 3 is 2.86 bits per heavy atom. The van der Waals surface area contributed by atoms with E-state index < -0.39 is 0 Å². The molecule has 0 radical (unpaired) electrons. The Balaban J connectivity index is 1.82. The van der Waals surface area contributed by atoms with Crippen molar-refractivity contribution in [2.24, 2.45) is 11.8 Å². The monoisotopic (exact) mass is 285 g/mol. The fourth-order valence-corrected chi connectivity index (χ4v) is 3.12. The van der Waals surface area contributed by atoms with Gasteiger partial charge in [-0.15, -0.1) is 5.10 Å². The molecule has 1 aliphatic rings. The van der Waals surface area contributed by atoms with Crippen LogP contribution < -0.4 is 5.32 Å². The summed E-state index contributed by atoms with van der Waals surface area (Å²) >= 11 is 0. The Hall–Kier alpha value is -1.91. The van der Waals surface area contributed by atoms with E-state index in [1.165, 1.54) is 30.5 Å². The number of nitrogens with one attached hydrogen (secondary N) is 1. The minimum absolute atomic E-state index is 0.552. The third-order valence-corrected chi connectivity index (χ3v) is 4.63. The second-order valence-electron chi connectivity index (χ2n) is 6.40. The summed E-state index contributed by atoms with van der Waals surface area (Å²) in [4.78, 5) is 0. The zero-order chi connectivity index (χ0) is 14.8. The lowest BCUT2D eigenvalue weighted by Crippen LogP contribution is -2.33. The van der Waals surface area contributed by atoms with Gasteiger partial charge in [0.25, 0.3) is 0 Å². The maximum atomic E-state index is 3.96. The van der Waals surface area contributed by atoms with Crippen molar-refractivity contribution in [1.29, 1.82) is 0 Å². The first kappa shape index (κ1) is 14.0. The molecule has 5 nitrogen and oxygen atoms in total. The van der Waals surface area contributed by atoms with E-state index in [1.54, 1.807) is 11.0 Å². The van der Waals surface area contributed by atoms with Crippen LogP contribution >= 0.6 is 0 Å². The van der Waals surface area contributed by atoms with Crippen LogP contribution in [-0.2, 0) is 0 Å². The Bertz CT molecular complexity index is 593. The van der Waals surface area contributed by atoms with Crippen LogP contribution in [0.25, 0.3) is 5.69 Å². The highest BCUT2D eigenvalue weighted by atomic mass is 15.5. The van der Waals surface area contributed by atoms with E-state index >= 15 is 0 Å². The van der Waals surface area contributed by atoms with Gasteiger partial charge in [-0.25, -0.2) is 4.68 Å². The van der Waals surface area contributed by atoms with E-state index in [-0.39, 0.29) is 0 Å². The number of hydrogen-bond donors (Lipinski definition) is 1. The first-order valence-corrected chi connectivity index (χ1v) is 7.74. The molecule has 2 aromatic rings. The third-order valence-electron chi connectivity index (χ3n) is 4.63. The third kappa shape index (κ3) is 3.06. The minimum Gasteiger partial charge on any atom is -0.382 e. The molecular weight excluding hydrogens is 262 g/mol. The number of hydrogen-bond acceptors (Lipinski definition) is 4. The molecule has 0 spiro atoms. The molecule has 21 heavy (non-hydrogen) atoms. The number of rotatable bonds is 3. The second kappa shape index (κ2) is 5.84. The summed E-state index contributed by atoms with van der Waals surface area (Å²) in [7, 11) is 0. The van der Waals surface area contributed by atoms with Crippen LogP contribution in [0.2, 0.25) is 0 Å². The van der Waals surface area contributed by atoms with E-state index in [0.717, 1.165) is 17.5 Å². The van der Waals surface area contributed by atoms with Crippen molar-refractivity contribution in [2.75, 3.05) is 5.32 Å². The average Bonchev–Trinajstić information content (AvgIpc) is 2.99. The van der Waals surface area contributed by atoms with Crippen LogP contribution in [0.3, 0.4) is 0 Å². The summed E-state index contributed by atoms with van der Waals surface area (Å²) in [6.07, 6.45) is 5.53. The van der Waals surface area contributed by atoms with Crippen molar-refractivity contribution in [3.05, 3.63) is 30.1 Å². The summed E-state index contributed by atoms with van der Waals surface area (Å²) in [6.45, 7) is 6.84. The Kier molecular flexibility index (Phi) is 3.90. The summed E-state index contributed by atoms with van der Waals surface area (Å²) < 4.78 is 1.69. The fourth-order valence-electron chi connectivity index (χ4n) is 3.12. The lowest BCUT2D eigenvalue weighted by Gasteiger charge is -2.34. The first-order valence-electron chi connectivity index (χ1n) is 7.74. The SMILES string of the molecule is Cc1ccc(-n2cnnn2)cc1NC1CC(C)CCC1C. The molecule has 0 aliphatic heterocycles. The van der Waals surface area contributed by atoms with Gasteiger partial charge in [0.2, 0.25) is 0 Å². The van der Waals surface area contributed by atoms with Crippen molar-refractivity contribution in [3.63, 3.8) is 0 Å². The molecule has 5 heteroatoms. The van der Waals surface area contributed by atoms with Gasteiger partial charge in [0, 0.05) is 11.7 Å². The highest BCUT2D eigenvalue weighted by Crippen LogP contribution is 2.31. The van der Waals surface area contributed by atoms with Crippen molar-refractivity contribution < 1.29 is 0 Å². The Morgan fingerprint density at radius 2 is 2.10 bits per heavy atom. The van der Waals surface area contributed by atoms with E-state index in [2.05, 4.69) is 53.7 Å². The number of tetrazole rings is 1. The fraction of sp³-hybridized carbons (Fsp3) is 0.562. The molecule has 1 fully saturated rings. The molecule has 1 aromatic heterocycles. The molecule has 0 bridgehead atoms. The molecule has 3 unspecified atom stereocenters. The number of aromatic nitrogens is 4. The summed E-state index contributed by atoms with van der Waals surface area (Å²) in [5, 5.41) is 15.1. The van der Waals surface area contributed by atoms with Gasteiger partial charge in [-0.05, 0) is 59.7 Å². The number of anilines is 1. The largest absolute Gasteiger partial charge is 0.382 e. The molecule has 1 N–H and O–H groups in total. The molecule has 3 atom stereocenters. The molecule has 1 aliphatic carbocycles. The van der Waals surface area contributed by atoms with Gasteiger partial charge < -0.3 is 5.32 Å². The van der Waals surface area contributed by atoms with Gasteiger partial charge >= 0.3 is 0 Å². The van der Waals surface area contributed by atoms with Gasteiger partial charge in [0.05, 0.1) is 5.69 Å². The van der Waals surface area contributed by atoms with Gasteiger partial charge in [0.15, 0.2) is 0 Å². The van der Waals surface area contributed by atoms with Crippen LogP contribution in [-0.4, -0.2) is 26.2 Å². The maximum Gasteiger partial charge on any atom is 0.143 e. The molecule has 112 valence electrons. The lowest BCUT2D eigenvalue weighted by molar-refractivity contribution is 0.280. The van der Waals surface area contributed by atoms with Crippen molar-refractivity contribution >= 4 is 5.69 Å². The van der Waals surface area contributed by atoms with Gasteiger partial charge in [0.1, 0.15) is 6.33 Å². The quantitative estimate of drug-likeness (QED) is 0.941. The van der Waals surface area contributed by atoms with Gasteiger partial charge in [-0.3, -0.25) is 0 Å². The molecule has 0 saturated heterocycles. The molecule has 1 aromatic carbocycles. The van der Waals surface area contributed by atoms with Crippen LogP contribution in [0, 0.1) is 18.8 Å². The average molecular weight is 285 g/mol. The second-order valence-corrected chi connectivity index (χ2v) is 6.40. The molecule has 1 heterocycles. The maximum absolute atomic E-state index is 3.96. The van der Waals surface area contributed by atoms with E-state index in [4.69, 9.17) is 0 Å². The zero-order valence-corrected chi connectivity index (χ0v) is 13.0. The standard InChI is InChI=1S/C16H23N5/c1-11-4-5-12(2)15(8-11)18-16-9-14(7-6-13(16)3)21-10-17-19-20-21/h6-7,9-12,15,18H,4-5,8H2,1-3H3. The zero-order valence-electron chi connectivity index (χ0n) is 13.0. The Morgan fingerprint density at radius 1 is 1.24 bits per heavy atom. The highest BCUT2D eigenvalue weighted by Gasteiger charge is 2.25. The van der Waals surface area contributed by atoms with Crippen molar-refractivity contribution in [1.82, 2.24) is 20.2 Å². The highest BCUT2D eigenvalue weighted by molar-refractivity contribution is 5.57. The van der Waals surface area contributed by atoms with E-state index in [0.29, 0.717) is 6.04 Å². The summed E-state index contributed by atoms with van der Waals surface area (Å²) in [5.74, 6) is 1.53. The normalized spacial score (nSPS) is 25.8. The van der Waals surface area contributed by atoms with Crippen molar-refractivity contribution in [3.8, 4) is 5.69 Å². The summed E-state index contributed by atoms with van der Waals surface area (Å²) in [5.41, 5.74) is 3.44. The van der Waals surface area contributed by atoms with Crippen LogP contribution in [0.15, 0.2) is 24.5 Å². The van der Waals surface area contributed by atoms with Crippen LogP contribution in [0.4, 0.5) is 5.69 Å². The Labute approximate surface area is 125 Å². The lowest BCUT2D eigenvalue weighted by atomic mass is 9.80. The number of nitrogens with zero attached hydrogens (tertiary/aromatic N) is 4. The first-order chi connectivity index (χ1) is 10.1. The molecular formula is C16H23N5. The predicted molar refractivity (Wildman–Crippen MR) is 83.5 cm³/mol. The van der Waals surface area contributed by atoms with Gasteiger partial charge in [-0.1, -0.05) is 26.3 Å². The molecule has 3 rings (SSSR count). The van der Waals surface area contributed by atoms with Gasteiger partial charge in [-0.2, -0.15) is 0 Å². The summed E-state index contributed by atoms with van der Waals surface area (Å²) in [6, 6.07) is 6.86. The number of benzene rings is 1. The predicted octanol–water partition coefficient (Wildman–Crippen LogP) is 3.21. The van der Waals surface area contributed by atoms with Crippen LogP contribution in [0.5, 0.6) is 0 Å². The minimum atomic E-state index is 0.552. The van der Waals surface area contributed by atoms with Crippen molar-refractivity contribution in [2.45, 2.75) is 46.1 Å².